The molecule has 1 amide bonds. The molecule has 1 aliphatic heterocycles. The number of hydrogen-bond donors (Lipinski definition) is 0. The maximum Gasteiger partial charge on any atom is 0.265 e. The minimum atomic E-state index is -0.293. The molecule has 0 saturated carbocycles. The standard InChI is InChI=1S/C21H20ClFN4OS/c1-14-19(29-20(25-14)18-7-2-3-8-24-18)21(28)27-11-9-26(10-12-27)13-15-16(22)5-4-6-17(15)23/h2-8H,9-13H2,1H3. The summed E-state index contributed by atoms with van der Waals surface area (Å²) in [5.74, 6) is -0.302. The van der Waals surface area contributed by atoms with Crippen molar-refractivity contribution in [2.45, 2.75) is 13.5 Å². The predicted molar refractivity (Wildman–Crippen MR) is 113 cm³/mol. The highest BCUT2D eigenvalue weighted by atomic mass is 35.5. The number of carbonyl (C=O) groups excluding carboxylic acids is 1. The number of benzene rings is 1. The normalized spacial score (nSPS) is 14.9. The van der Waals surface area contributed by atoms with Gasteiger partial charge in [-0.25, -0.2) is 9.37 Å². The van der Waals surface area contributed by atoms with Crippen molar-refractivity contribution in [1.82, 2.24) is 19.8 Å². The van der Waals surface area contributed by atoms with Gasteiger partial charge in [0, 0.05) is 49.5 Å². The Hall–Kier alpha value is -2.35. The van der Waals surface area contributed by atoms with Crippen molar-refractivity contribution in [3.8, 4) is 10.7 Å². The number of carbonyl (C=O) groups is 1. The smallest absolute Gasteiger partial charge is 0.265 e. The Kier molecular flexibility index (Phi) is 5.89. The van der Waals surface area contributed by atoms with Crippen LogP contribution in [0.25, 0.3) is 10.7 Å². The molecule has 0 N–H and O–H groups in total. The first-order valence-corrected chi connectivity index (χ1v) is 10.6. The van der Waals surface area contributed by atoms with Gasteiger partial charge in [-0.1, -0.05) is 23.7 Å². The molecule has 3 heterocycles. The van der Waals surface area contributed by atoms with Gasteiger partial charge in [0.15, 0.2) is 0 Å². The summed E-state index contributed by atoms with van der Waals surface area (Å²) >= 11 is 7.51. The van der Waals surface area contributed by atoms with E-state index in [0.717, 1.165) is 16.4 Å². The zero-order valence-corrected chi connectivity index (χ0v) is 17.5. The Morgan fingerprint density at radius 3 is 2.66 bits per heavy atom. The van der Waals surface area contributed by atoms with E-state index in [2.05, 4.69) is 14.9 Å². The number of pyridine rings is 1. The van der Waals surface area contributed by atoms with E-state index in [9.17, 15) is 9.18 Å². The zero-order valence-electron chi connectivity index (χ0n) is 15.9. The highest BCUT2D eigenvalue weighted by Gasteiger charge is 2.26. The van der Waals surface area contributed by atoms with Gasteiger partial charge in [-0.05, 0) is 31.2 Å². The van der Waals surface area contributed by atoms with Crippen molar-refractivity contribution in [1.29, 1.82) is 0 Å². The summed E-state index contributed by atoms with van der Waals surface area (Å²) in [6.45, 7) is 4.80. The average Bonchev–Trinajstić information content (AvgIpc) is 3.13. The molecule has 0 radical (unpaired) electrons. The maximum absolute atomic E-state index is 14.0. The molecule has 0 bridgehead atoms. The van der Waals surface area contributed by atoms with Crippen molar-refractivity contribution in [2.24, 2.45) is 0 Å². The van der Waals surface area contributed by atoms with Crippen LogP contribution in [0, 0.1) is 12.7 Å². The molecule has 1 aliphatic rings. The number of thiazole rings is 1. The van der Waals surface area contributed by atoms with E-state index in [-0.39, 0.29) is 11.7 Å². The Balaban J connectivity index is 1.41. The third-order valence-corrected chi connectivity index (χ3v) is 6.50. The molecule has 5 nitrogen and oxygen atoms in total. The van der Waals surface area contributed by atoms with Crippen molar-refractivity contribution < 1.29 is 9.18 Å². The molecule has 0 atom stereocenters. The summed E-state index contributed by atoms with van der Waals surface area (Å²) in [7, 11) is 0. The van der Waals surface area contributed by atoms with Gasteiger partial charge in [-0.15, -0.1) is 11.3 Å². The minimum Gasteiger partial charge on any atom is -0.335 e. The molecule has 150 valence electrons. The van der Waals surface area contributed by atoms with E-state index in [4.69, 9.17) is 11.6 Å². The second-order valence-corrected chi connectivity index (χ2v) is 8.32. The van der Waals surface area contributed by atoms with E-state index in [1.54, 1.807) is 18.3 Å². The van der Waals surface area contributed by atoms with Crippen molar-refractivity contribution >= 4 is 28.8 Å². The largest absolute Gasteiger partial charge is 0.335 e. The predicted octanol–water partition coefficient (Wildman–Crippen LogP) is 4.26. The van der Waals surface area contributed by atoms with Crippen LogP contribution in [0.3, 0.4) is 0 Å². The molecular weight excluding hydrogens is 411 g/mol. The second kappa shape index (κ2) is 8.57. The van der Waals surface area contributed by atoms with Gasteiger partial charge >= 0.3 is 0 Å². The maximum atomic E-state index is 14.0. The third kappa shape index (κ3) is 4.32. The number of halogens is 2. The quantitative estimate of drug-likeness (QED) is 0.620. The van der Waals surface area contributed by atoms with Gasteiger partial charge < -0.3 is 4.90 Å². The molecule has 3 aromatic rings. The van der Waals surface area contributed by atoms with E-state index in [1.165, 1.54) is 17.4 Å². The number of rotatable bonds is 4. The number of aryl methyl sites for hydroxylation is 1. The highest BCUT2D eigenvalue weighted by molar-refractivity contribution is 7.17. The highest BCUT2D eigenvalue weighted by Crippen LogP contribution is 2.28. The van der Waals surface area contributed by atoms with E-state index < -0.39 is 0 Å². The molecule has 0 unspecified atom stereocenters. The van der Waals surface area contributed by atoms with Crippen LogP contribution in [0.15, 0.2) is 42.6 Å². The average molecular weight is 431 g/mol. The summed E-state index contributed by atoms with van der Waals surface area (Å²) < 4.78 is 14.0. The van der Waals surface area contributed by atoms with Crippen LogP contribution in [0.5, 0.6) is 0 Å². The number of aromatic nitrogens is 2. The monoisotopic (exact) mass is 430 g/mol. The number of piperazine rings is 1. The Bertz CT molecular complexity index is 999. The van der Waals surface area contributed by atoms with Crippen LogP contribution < -0.4 is 0 Å². The van der Waals surface area contributed by atoms with Crippen LogP contribution in [0.1, 0.15) is 20.9 Å². The number of hydrogen-bond acceptors (Lipinski definition) is 5. The van der Waals surface area contributed by atoms with Crippen LogP contribution in [-0.2, 0) is 6.54 Å². The molecule has 1 aromatic carbocycles. The van der Waals surface area contributed by atoms with Crippen molar-refractivity contribution in [3.63, 3.8) is 0 Å². The molecular formula is C21H20ClFN4OS. The lowest BCUT2D eigenvalue weighted by Gasteiger charge is -2.34. The van der Waals surface area contributed by atoms with Crippen LogP contribution in [0.4, 0.5) is 4.39 Å². The molecule has 8 heteroatoms. The Morgan fingerprint density at radius 2 is 1.97 bits per heavy atom. The van der Waals surface area contributed by atoms with E-state index in [1.807, 2.05) is 30.0 Å². The van der Waals surface area contributed by atoms with Gasteiger partial charge in [-0.3, -0.25) is 14.7 Å². The first-order chi connectivity index (χ1) is 14.0. The van der Waals surface area contributed by atoms with Gasteiger partial charge in [0.1, 0.15) is 15.7 Å². The topological polar surface area (TPSA) is 49.3 Å². The second-order valence-electron chi connectivity index (χ2n) is 6.92. The Labute approximate surface area is 177 Å². The molecule has 1 fully saturated rings. The molecule has 0 spiro atoms. The van der Waals surface area contributed by atoms with Crippen molar-refractivity contribution in [3.05, 3.63) is 69.6 Å². The first kappa shape index (κ1) is 19.9. The zero-order chi connectivity index (χ0) is 20.4. The fraction of sp³-hybridized carbons (Fsp3) is 0.286. The Morgan fingerprint density at radius 1 is 1.17 bits per heavy atom. The first-order valence-electron chi connectivity index (χ1n) is 9.36. The van der Waals surface area contributed by atoms with Gasteiger partial charge in [0.05, 0.1) is 11.4 Å². The summed E-state index contributed by atoms with van der Waals surface area (Å²) in [6.07, 6.45) is 1.72. The van der Waals surface area contributed by atoms with E-state index >= 15 is 0 Å². The van der Waals surface area contributed by atoms with Gasteiger partial charge in [0.25, 0.3) is 5.91 Å². The molecule has 2 aromatic heterocycles. The fourth-order valence-electron chi connectivity index (χ4n) is 3.35. The lowest BCUT2D eigenvalue weighted by Crippen LogP contribution is -2.48. The summed E-state index contributed by atoms with van der Waals surface area (Å²) in [4.78, 5) is 26.5. The minimum absolute atomic E-state index is 0.00856. The van der Waals surface area contributed by atoms with E-state index in [0.29, 0.717) is 48.2 Å². The lowest BCUT2D eigenvalue weighted by atomic mass is 10.1. The number of amides is 1. The van der Waals surface area contributed by atoms with Gasteiger partial charge in [0.2, 0.25) is 0 Å². The van der Waals surface area contributed by atoms with Crippen LogP contribution in [0.2, 0.25) is 5.02 Å². The van der Waals surface area contributed by atoms with Crippen LogP contribution in [-0.4, -0.2) is 51.9 Å². The molecule has 29 heavy (non-hydrogen) atoms. The third-order valence-electron chi connectivity index (χ3n) is 4.98. The number of nitrogens with zero attached hydrogens (tertiary/aromatic N) is 4. The van der Waals surface area contributed by atoms with Gasteiger partial charge in [-0.2, -0.15) is 0 Å². The van der Waals surface area contributed by atoms with Crippen molar-refractivity contribution in [2.75, 3.05) is 26.2 Å². The van der Waals surface area contributed by atoms with Crippen LogP contribution >= 0.6 is 22.9 Å². The summed E-state index contributed by atoms with van der Waals surface area (Å²) in [6, 6.07) is 10.4. The summed E-state index contributed by atoms with van der Waals surface area (Å²) in [5, 5.41) is 1.19. The SMILES string of the molecule is Cc1nc(-c2ccccn2)sc1C(=O)N1CCN(Cc2c(F)cccc2Cl)CC1. The fourth-order valence-corrected chi connectivity index (χ4v) is 4.59. The molecule has 4 rings (SSSR count). The molecule has 1 saturated heterocycles. The lowest BCUT2D eigenvalue weighted by molar-refractivity contribution is 0.0631. The summed E-state index contributed by atoms with van der Waals surface area (Å²) in [5.41, 5.74) is 2.00. The molecule has 0 aliphatic carbocycles.